The van der Waals surface area contributed by atoms with Crippen LogP contribution in [0.4, 0.5) is 0 Å². The van der Waals surface area contributed by atoms with Crippen molar-refractivity contribution in [1.82, 2.24) is 0 Å². The molecule has 0 radical (unpaired) electrons. The number of carbonyl (C=O) groups excluding carboxylic acids is 1. The third kappa shape index (κ3) is 2.66. The van der Waals surface area contributed by atoms with E-state index in [2.05, 4.69) is 0 Å². The molecular formula is C14H17NO4. The van der Waals surface area contributed by atoms with E-state index < -0.39 is 5.97 Å². The van der Waals surface area contributed by atoms with Crippen molar-refractivity contribution in [3.8, 4) is 11.5 Å². The zero-order valence-electron chi connectivity index (χ0n) is 10.7. The molecule has 5 nitrogen and oxygen atoms in total. The summed E-state index contributed by atoms with van der Waals surface area (Å²) in [4.78, 5) is 12.2. The molecule has 1 fully saturated rings. The average Bonchev–Trinajstić information content (AvgIpc) is 2.87. The van der Waals surface area contributed by atoms with Gasteiger partial charge in [0.15, 0.2) is 11.5 Å². The first-order valence-corrected chi connectivity index (χ1v) is 6.65. The van der Waals surface area contributed by atoms with E-state index in [9.17, 15) is 9.90 Å². The van der Waals surface area contributed by atoms with Gasteiger partial charge in [-0.25, -0.2) is 0 Å². The number of aliphatic carboxylic acids is 1. The highest BCUT2D eigenvalue weighted by atomic mass is 16.7. The number of hydrogen-bond acceptors (Lipinski definition) is 4. The van der Waals surface area contributed by atoms with Crippen LogP contribution in [0.1, 0.15) is 18.4 Å². The second kappa shape index (κ2) is 5.09. The fourth-order valence-corrected chi connectivity index (χ4v) is 2.78. The number of fused-ring (bicyclic) bond motifs is 1. The Kier molecular flexibility index (Phi) is 3.29. The van der Waals surface area contributed by atoms with Crippen LogP contribution in [-0.4, -0.2) is 25.9 Å². The number of carboxylic acid groups (broad SMARTS) is 1. The van der Waals surface area contributed by atoms with Gasteiger partial charge >= 0.3 is 0 Å². The Labute approximate surface area is 111 Å². The molecule has 2 aliphatic rings. The quantitative estimate of drug-likeness (QED) is 0.756. The maximum atomic E-state index is 10.8. The fourth-order valence-electron chi connectivity index (χ4n) is 2.78. The van der Waals surface area contributed by atoms with Crippen LogP contribution >= 0.6 is 0 Å². The molecule has 2 heterocycles. The van der Waals surface area contributed by atoms with Crippen LogP contribution in [0.2, 0.25) is 0 Å². The largest absolute Gasteiger partial charge is 0.550 e. The molecule has 2 aliphatic heterocycles. The Hall–Kier alpha value is -1.75. The molecule has 0 aliphatic carbocycles. The van der Waals surface area contributed by atoms with Crippen molar-refractivity contribution in [3.63, 3.8) is 0 Å². The third-order valence-electron chi connectivity index (χ3n) is 3.92. The van der Waals surface area contributed by atoms with Gasteiger partial charge in [0.05, 0.1) is 13.1 Å². The summed E-state index contributed by atoms with van der Waals surface area (Å²) in [5.74, 6) is 0.443. The molecule has 0 spiro atoms. The lowest BCUT2D eigenvalue weighted by molar-refractivity contribution is -0.919. The molecule has 0 bridgehead atoms. The summed E-state index contributed by atoms with van der Waals surface area (Å²) < 4.78 is 10.6. The monoisotopic (exact) mass is 263 g/mol. The first-order chi connectivity index (χ1) is 9.22. The van der Waals surface area contributed by atoms with Gasteiger partial charge in [0, 0.05) is 30.3 Å². The number of benzene rings is 1. The summed E-state index contributed by atoms with van der Waals surface area (Å²) in [5.41, 5.74) is 1.20. The van der Waals surface area contributed by atoms with Crippen molar-refractivity contribution in [3.05, 3.63) is 23.8 Å². The molecule has 0 aromatic heterocycles. The number of ether oxygens (including phenoxy) is 2. The SMILES string of the molecule is O=C([O-])C1CC[NH+](Cc2ccc3c(c2)OCO3)CC1. The van der Waals surface area contributed by atoms with Gasteiger partial charge in [0.1, 0.15) is 6.54 Å². The van der Waals surface area contributed by atoms with Gasteiger partial charge in [-0.2, -0.15) is 0 Å². The molecule has 102 valence electrons. The summed E-state index contributed by atoms with van der Waals surface area (Å²) in [6.45, 7) is 2.96. The van der Waals surface area contributed by atoms with Gasteiger partial charge in [0.2, 0.25) is 6.79 Å². The first kappa shape index (κ1) is 12.3. The predicted molar refractivity (Wildman–Crippen MR) is 64.7 cm³/mol. The van der Waals surface area contributed by atoms with Crippen LogP contribution < -0.4 is 19.5 Å². The van der Waals surface area contributed by atoms with E-state index in [0.717, 1.165) is 31.1 Å². The van der Waals surface area contributed by atoms with E-state index in [1.165, 1.54) is 10.5 Å². The van der Waals surface area contributed by atoms with Gasteiger partial charge in [0.25, 0.3) is 0 Å². The molecule has 0 amide bonds. The molecule has 0 atom stereocenters. The Morgan fingerprint density at radius 2 is 2.00 bits per heavy atom. The van der Waals surface area contributed by atoms with Crippen LogP contribution in [0.25, 0.3) is 0 Å². The van der Waals surface area contributed by atoms with Crippen LogP contribution in [0.5, 0.6) is 11.5 Å². The zero-order valence-corrected chi connectivity index (χ0v) is 10.7. The zero-order chi connectivity index (χ0) is 13.2. The van der Waals surface area contributed by atoms with Gasteiger partial charge in [-0.1, -0.05) is 0 Å². The molecule has 1 N–H and O–H groups in total. The number of carbonyl (C=O) groups is 1. The van der Waals surface area contributed by atoms with Gasteiger partial charge in [-0.3, -0.25) is 0 Å². The summed E-state index contributed by atoms with van der Waals surface area (Å²) in [7, 11) is 0. The number of carboxylic acids is 1. The third-order valence-corrected chi connectivity index (χ3v) is 3.92. The molecule has 1 aromatic rings. The van der Waals surface area contributed by atoms with Gasteiger partial charge in [-0.15, -0.1) is 0 Å². The predicted octanol–water partition coefficient (Wildman–Crippen LogP) is -1.04. The van der Waals surface area contributed by atoms with E-state index in [0.29, 0.717) is 19.6 Å². The van der Waals surface area contributed by atoms with E-state index >= 15 is 0 Å². The minimum atomic E-state index is -0.901. The second-order valence-corrected chi connectivity index (χ2v) is 5.21. The molecule has 0 saturated carbocycles. The Bertz CT molecular complexity index is 480. The summed E-state index contributed by atoms with van der Waals surface area (Å²) >= 11 is 0. The molecule has 0 unspecified atom stereocenters. The molecular weight excluding hydrogens is 246 g/mol. The van der Waals surface area contributed by atoms with Crippen LogP contribution in [0, 0.1) is 5.92 Å². The van der Waals surface area contributed by atoms with Gasteiger partial charge in [-0.05, 0) is 18.2 Å². The lowest BCUT2D eigenvalue weighted by Gasteiger charge is -2.29. The maximum absolute atomic E-state index is 10.8. The molecule has 1 saturated heterocycles. The number of quaternary nitrogens is 1. The van der Waals surface area contributed by atoms with Crippen molar-refractivity contribution in [1.29, 1.82) is 0 Å². The van der Waals surface area contributed by atoms with E-state index in [-0.39, 0.29) is 5.92 Å². The smallest absolute Gasteiger partial charge is 0.231 e. The topological polar surface area (TPSA) is 63.0 Å². The highest BCUT2D eigenvalue weighted by Crippen LogP contribution is 2.32. The van der Waals surface area contributed by atoms with Crippen LogP contribution in [0.3, 0.4) is 0 Å². The highest BCUT2D eigenvalue weighted by Gasteiger charge is 2.23. The van der Waals surface area contributed by atoms with E-state index in [4.69, 9.17) is 9.47 Å². The molecule has 19 heavy (non-hydrogen) atoms. The Morgan fingerprint density at radius 3 is 2.74 bits per heavy atom. The lowest BCUT2D eigenvalue weighted by Crippen LogP contribution is -3.11. The normalized spacial score (nSPS) is 25.3. The van der Waals surface area contributed by atoms with Crippen LogP contribution in [0.15, 0.2) is 18.2 Å². The van der Waals surface area contributed by atoms with Crippen molar-refractivity contribution < 1.29 is 24.3 Å². The minimum Gasteiger partial charge on any atom is -0.550 e. The molecule has 1 aromatic carbocycles. The average molecular weight is 263 g/mol. The number of nitrogens with one attached hydrogen (secondary N) is 1. The van der Waals surface area contributed by atoms with Gasteiger partial charge < -0.3 is 24.3 Å². The summed E-state index contributed by atoms with van der Waals surface area (Å²) in [6, 6.07) is 6.00. The Balaban J connectivity index is 1.59. The van der Waals surface area contributed by atoms with Crippen LogP contribution in [-0.2, 0) is 11.3 Å². The van der Waals surface area contributed by atoms with Crippen molar-refractivity contribution in [2.24, 2.45) is 5.92 Å². The summed E-state index contributed by atoms with van der Waals surface area (Å²) in [6.07, 6.45) is 1.42. The number of likely N-dealkylation sites (tertiary alicyclic amines) is 1. The number of hydrogen-bond donors (Lipinski definition) is 1. The first-order valence-electron chi connectivity index (χ1n) is 6.65. The lowest BCUT2D eigenvalue weighted by atomic mass is 9.97. The highest BCUT2D eigenvalue weighted by molar-refractivity contribution is 5.67. The maximum Gasteiger partial charge on any atom is 0.231 e. The number of rotatable bonds is 3. The standard InChI is InChI=1S/C14H17NO4/c16-14(17)11-3-5-15(6-4-11)8-10-1-2-12-13(7-10)19-9-18-12/h1-2,7,11H,3-6,8-9H2,(H,16,17). The summed E-state index contributed by atoms with van der Waals surface area (Å²) in [5, 5.41) is 10.8. The Morgan fingerprint density at radius 1 is 1.26 bits per heavy atom. The van der Waals surface area contributed by atoms with Crippen molar-refractivity contribution in [2.75, 3.05) is 19.9 Å². The second-order valence-electron chi connectivity index (χ2n) is 5.21. The van der Waals surface area contributed by atoms with Crippen molar-refractivity contribution in [2.45, 2.75) is 19.4 Å². The van der Waals surface area contributed by atoms with Crippen molar-refractivity contribution >= 4 is 5.97 Å². The van der Waals surface area contributed by atoms with E-state index in [1.807, 2.05) is 18.2 Å². The molecule has 3 rings (SSSR count). The minimum absolute atomic E-state index is 0.263. The molecule has 5 heteroatoms. The fraction of sp³-hybridized carbons (Fsp3) is 0.500. The van der Waals surface area contributed by atoms with E-state index in [1.54, 1.807) is 0 Å². The number of piperidine rings is 1.